The van der Waals surface area contributed by atoms with Gasteiger partial charge in [0.15, 0.2) is 12.2 Å². The minimum Gasteiger partial charge on any atom is -0.463 e. The predicted octanol–water partition coefficient (Wildman–Crippen LogP) is 2.09. The van der Waals surface area contributed by atoms with Crippen molar-refractivity contribution in [1.82, 2.24) is 0 Å². The van der Waals surface area contributed by atoms with Gasteiger partial charge < -0.3 is 18.9 Å². The van der Waals surface area contributed by atoms with E-state index in [1.54, 1.807) is 0 Å². The predicted molar refractivity (Wildman–Crippen MR) is 92.0 cm³/mol. The monoisotopic (exact) mass is 372 g/mol. The minimum atomic E-state index is -1.09. The second-order valence-electron chi connectivity index (χ2n) is 5.53. The van der Waals surface area contributed by atoms with E-state index < -0.39 is 36.1 Å². The van der Waals surface area contributed by atoms with Crippen molar-refractivity contribution < 1.29 is 38.1 Å². The van der Waals surface area contributed by atoms with Crippen LogP contribution in [0.25, 0.3) is 0 Å². The summed E-state index contributed by atoms with van der Waals surface area (Å²) < 4.78 is 19.4. The molecular formula is C18H28O8. The smallest absolute Gasteiger partial charge is 0.347 e. The molecule has 0 amide bonds. The minimum absolute atomic E-state index is 0.256. The summed E-state index contributed by atoms with van der Waals surface area (Å²) in [6.07, 6.45) is 2.63. The van der Waals surface area contributed by atoms with Crippen LogP contribution in [0.15, 0.2) is 12.2 Å². The highest BCUT2D eigenvalue weighted by Gasteiger charge is 2.20. The van der Waals surface area contributed by atoms with E-state index in [1.165, 1.54) is 13.8 Å². The Labute approximate surface area is 153 Å². The van der Waals surface area contributed by atoms with E-state index >= 15 is 0 Å². The lowest BCUT2D eigenvalue weighted by Gasteiger charge is -2.12. The molecule has 0 aromatic carbocycles. The molecule has 0 radical (unpaired) electrons. The summed E-state index contributed by atoms with van der Waals surface area (Å²) in [5.41, 5.74) is 0. The molecule has 0 aliphatic rings. The molecule has 2 atom stereocenters. The van der Waals surface area contributed by atoms with Crippen molar-refractivity contribution in [1.29, 1.82) is 0 Å². The number of unbranched alkanes of at least 4 members (excludes halogenated alkanes) is 2. The SMILES string of the molecule is CCCCOC(=O)[C@H](C)OC(=O)/C=C\C(=O)O[C@@H](C)C(=O)OCCCC. The maximum absolute atomic E-state index is 11.6. The van der Waals surface area contributed by atoms with Crippen LogP contribution in [0.5, 0.6) is 0 Å². The van der Waals surface area contributed by atoms with Gasteiger partial charge in [-0.2, -0.15) is 0 Å². The first-order valence-corrected chi connectivity index (χ1v) is 8.74. The third kappa shape index (κ3) is 11.2. The molecule has 0 saturated carbocycles. The molecule has 0 aliphatic carbocycles. The first-order valence-electron chi connectivity index (χ1n) is 8.74. The second kappa shape index (κ2) is 13.9. The number of hydrogen-bond acceptors (Lipinski definition) is 8. The highest BCUT2D eigenvalue weighted by atomic mass is 16.6. The van der Waals surface area contributed by atoms with Crippen molar-refractivity contribution in [3.63, 3.8) is 0 Å². The molecule has 0 spiro atoms. The Balaban J connectivity index is 4.23. The number of hydrogen-bond donors (Lipinski definition) is 0. The zero-order valence-corrected chi connectivity index (χ0v) is 15.8. The molecule has 0 aliphatic heterocycles. The number of carbonyl (C=O) groups is 4. The maximum atomic E-state index is 11.6. The summed E-state index contributed by atoms with van der Waals surface area (Å²) in [6, 6.07) is 0. The quantitative estimate of drug-likeness (QED) is 0.222. The van der Waals surface area contributed by atoms with E-state index in [9.17, 15) is 19.2 Å². The van der Waals surface area contributed by atoms with E-state index in [-0.39, 0.29) is 13.2 Å². The maximum Gasteiger partial charge on any atom is 0.347 e. The third-order valence-electron chi connectivity index (χ3n) is 3.09. The Morgan fingerprint density at radius 1 is 0.731 bits per heavy atom. The normalized spacial score (nSPS) is 12.9. The van der Waals surface area contributed by atoms with Crippen LogP contribution < -0.4 is 0 Å². The van der Waals surface area contributed by atoms with Gasteiger partial charge in [0.1, 0.15) is 0 Å². The average molecular weight is 372 g/mol. The van der Waals surface area contributed by atoms with Crippen LogP contribution in [0.2, 0.25) is 0 Å². The number of ether oxygens (including phenoxy) is 4. The molecule has 0 saturated heterocycles. The first-order chi connectivity index (χ1) is 12.3. The Kier molecular flexibility index (Phi) is 12.6. The average Bonchev–Trinajstić information content (AvgIpc) is 2.60. The number of carbonyl (C=O) groups excluding carboxylic acids is 4. The van der Waals surface area contributed by atoms with Crippen molar-refractivity contribution in [3.05, 3.63) is 12.2 Å². The van der Waals surface area contributed by atoms with Gasteiger partial charge in [-0.3, -0.25) is 0 Å². The van der Waals surface area contributed by atoms with Crippen LogP contribution in [0, 0.1) is 0 Å². The molecular weight excluding hydrogens is 344 g/mol. The number of esters is 4. The lowest BCUT2D eigenvalue weighted by Crippen LogP contribution is -2.27. The van der Waals surface area contributed by atoms with Crippen LogP contribution in [0.4, 0.5) is 0 Å². The Bertz CT molecular complexity index is 453. The molecule has 0 rings (SSSR count). The van der Waals surface area contributed by atoms with Crippen molar-refractivity contribution in [2.24, 2.45) is 0 Å². The molecule has 0 fully saturated rings. The van der Waals surface area contributed by atoms with Crippen molar-refractivity contribution in [2.75, 3.05) is 13.2 Å². The van der Waals surface area contributed by atoms with Gasteiger partial charge in [-0.15, -0.1) is 0 Å². The van der Waals surface area contributed by atoms with Crippen molar-refractivity contribution >= 4 is 23.9 Å². The molecule has 8 heteroatoms. The van der Waals surface area contributed by atoms with Crippen molar-refractivity contribution in [3.8, 4) is 0 Å². The van der Waals surface area contributed by atoms with Gasteiger partial charge in [0.05, 0.1) is 13.2 Å². The Morgan fingerprint density at radius 3 is 1.38 bits per heavy atom. The fourth-order valence-electron chi connectivity index (χ4n) is 1.53. The van der Waals surface area contributed by atoms with Gasteiger partial charge in [0.25, 0.3) is 0 Å². The zero-order valence-electron chi connectivity index (χ0n) is 15.8. The zero-order chi connectivity index (χ0) is 19.9. The van der Waals surface area contributed by atoms with Crippen LogP contribution >= 0.6 is 0 Å². The topological polar surface area (TPSA) is 105 Å². The third-order valence-corrected chi connectivity index (χ3v) is 3.09. The number of rotatable bonds is 12. The fourth-order valence-corrected chi connectivity index (χ4v) is 1.53. The Hall–Kier alpha value is -2.38. The summed E-state index contributed by atoms with van der Waals surface area (Å²) in [5.74, 6) is -3.13. The highest BCUT2D eigenvalue weighted by molar-refractivity contribution is 5.93. The summed E-state index contributed by atoms with van der Waals surface area (Å²) in [7, 11) is 0. The summed E-state index contributed by atoms with van der Waals surface area (Å²) in [4.78, 5) is 46.2. The molecule has 0 N–H and O–H groups in total. The summed E-state index contributed by atoms with van der Waals surface area (Å²) in [6.45, 7) is 7.15. The van der Waals surface area contributed by atoms with Gasteiger partial charge in [-0.25, -0.2) is 19.2 Å². The van der Waals surface area contributed by atoms with E-state index in [0.29, 0.717) is 0 Å². The standard InChI is InChI=1S/C18H28O8/c1-5-7-11-23-17(21)13(3)25-15(19)9-10-16(20)26-14(4)18(22)24-12-8-6-2/h9-10,13-14H,5-8,11-12H2,1-4H3/b10-9-/t13-,14-/m0/s1. The second-order valence-corrected chi connectivity index (χ2v) is 5.53. The van der Waals surface area contributed by atoms with E-state index in [2.05, 4.69) is 0 Å². The fraction of sp³-hybridized carbons (Fsp3) is 0.667. The van der Waals surface area contributed by atoms with Gasteiger partial charge in [0, 0.05) is 12.2 Å². The summed E-state index contributed by atoms with van der Waals surface area (Å²) >= 11 is 0. The van der Waals surface area contributed by atoms with Crippen LogP contribution in [-0.2, 0) is 38.1 Å². The van der Waals surface area contributed by atoms with E-state index in [0.717, 1.165) is 37.8 Å². The Morgan fingerprint density at radius 2 is 1.08 bits per heavy atom. The molecule has 0 aromatic heterocycles. The van der Waals surface area contributed by atoms with E-state index in [1.807, 2.05) is 13.8 Å². The van der Waals surface area contributed by atoms with Crippen molar-refractivity contribution in [2.45, 2.75) is 65.6 Å². The lowest BCUT2D eigenvalue weighted by molar-refractivity contribution is -0.164. The first kappa shape index (κ1) is 23.6. The molecule has 0 bridgehead atoms. The molecule has 0 heterocycles. The van der Waals surface area contributed by atoms with Crippen LogP contribution in [0.1, 0.15) is 53.4 Å². The van der Waals surface area contributed by atoms with Gasteiger partial charge >= 0.3 is 23.9 Å². The lowest BCUT2D eigenvalue weighted by atomic mass is 10.3. The molecule has 0 unspecified atom stereocenters. The van der Waals surface area contributed by atoms with Crippen LogP contribution in [0.3, 0.4) is 0 Å². The van der Waals surface area contributed by atoms with Gasteiger partial charge in [-0.1, -0.05) is 26.7 Å². The molecule has 0 aromatic rings. The van der Waals surface area contributed by atoms with Gasteiger partial charge in [0.2, 0.25) is 0 Å². The van der Waals surface area contributed by atoms with Gasteiger partial charge in [-0.05, 0) is 26.7 Å². The molecule has 8 nitrogen and oxygen atoms in total. The van der Waals surface area contributed by atoms with Crippen LogP contribution in [-0.4, -0.2) is 49.3 Å². The summed E-state index contributed by atoms with van der Waals surface area (Å²) in [5, 5.41) is 0. The molecule has 148 valence electrons. The molecule has 26 heavy (non-hydrogen) atoms. The van der Waals surface area contributed by atoms with E-state index in [4.69, 9.17) is 18.9 Å². The largest absolute Gasteiger partial charge is 0.463 e. The highest BCUT2D eigenvalue weighted by Crippen LogP contribution is 2.01.